The molecule has 0 atom stereocenters. The summed E-state index contributed by atoms with van der Waals surface area (Å²) in [5.41, 5.74) is 7.22. The monoisotopic (exact) mass is 445 g/mol. The van der Waals surface area contributed by atoms with E-state index in [4.69, 9.17) is 15.2 Å². The van der Waals surface area contributed by atoms with Crippen molar-refractivity contribution in [2.75, 3.05) is 32.7 Å². The average Bonchev–Trinajstić information content (AvgIpc) is 3.37. The van der Waals surface area contributed by atoms with E-state index in [0.717, 1.165) is 47.7 Å². The number of rotatable bonds is 6. The minimum Gasteiger partial charge on any atom is -0.482 e. The highest BCUT2D eigenvalue weighted by Gasteiger charge is 2.47. The van der Waals surface area contributed by atoms with Crippen molar-refractivity contribution in [3.8, 4) is 0 Å². The SMILES string of the molecule is C=C.CC1CCC1.COC[N+]1(/C(C)=C(\OC2CCCC2)C(C)=O)CC1.Nc1ccccc1. The summed E-state index contributed by atoms with van der Waals surface area (Å²) in [6.45, 7) is 14.6. The number of carbonyl (C=O) groups excluding carboxylic acids is 1. The molecule has 1 aromatic rings. The van der Waals surface area contributed by atoms with Crippen molar-refractivity contribution in [3.63, 3.8) is 0 Å². The minimum absolute atomic E-state index is 0.0416. The molecule has 0 spiro atoms. The van der Waals surface area contributed by atoms with Crippen molar-refractivity contribution < 1.29 is 18.8 Å². The van der Waals surface area contributed by atoms with Gasteiger partial charge in [0.1, 0.15) is 13.1 Å². The lowest BCUT2D eigenvalue weighted by molar-refractivity contribution is -0.784. The third kappa shape index (κ3) is 9.58. The zero-order valence-corrected chi connectivity index (χ0v) is 20.8. The third-order valence-electron chi connectivity index (χ3n) is 6.28. The second-order valence-corrected chi connectivity index (χ2v) is 8.95. The average molecular weight is 446 g/mol. The van der Waals surface area contributed by atoms with Gasteiger partial charge in [0.2, 0.25) is 5.76 Å². The van der Waals surface area contributed by atoms with Gasteiger partial charge < -0.3 is 15.2 Å². The highest BCUT2D eigenvalue weighted by Crippen LogP contribution is 2.33. The molecule has 1 aliphatic heterocycles. The largest absolute Gasteiger partial charge is 0.482 e. The number of methoxy groups -OCH3 is 1. The van der Waals surface area contributed by atoms with Gasteiger partial charge in [-0.2, -0.15) is 0 Å². The molecule has 1 heterocycles. The van der Waals surface area contributed by atoms with Gasteiger partial charge in [-0.15, -0.1) is 13.2 Å². The molecule has 3 fully saturated rings. The van der Waals surface area contributed by atoms with Gasteiger partial charge in [0.25, 0.3) is 0 Å². The molecule has 2 saturated carbocycles. The maximum absolute atomic E-state index is 11.8. The summed E-state index contributed by atoms with van der Waals surface area (Å²) >= 11 is 0. The molecular weight excluding hydrogens is 400 g/mol. The fraction of sp³-hybridized carbons (Fsp3) is 0.593. The van der Waals surface area contributed by atoms with Crippen LogP contribution in [-0.4, -0.2) is 43.3 Å². The Labute approximate surface area is 195 Å². The van der Waals surface area contributed by atoms with Crippen LogP contribution in [0.1, 0.15) is 65.7 Å². The Morgan fingerprint density at radius 3 is 1.88 bits per heavy atom. The Bertz CT molecular complexity index is 688. The van der Waals surface area contributed by atoms with Crippen molar-refractivity contribution >= 4 is 11.5 Å². The number of carbonyl (C=O) groups is 1. The van der Waals surface area contributed by atoms with Crippen LogP contribution in [0.25, 0.3) is 0 Å². The van der Waals surface area contributed by atoms with Gasteiger partial charge in [-0.3, -0.25) is 9.28 Å². The molecule has 0 bridgehead atoms. The van der Waals surface area contributed by atoms with E-state index in [-0.39, 0.29) is 11.9 Å². The molecular formula is C27H45N2O3+. The highest BCUT2D eigenvalue weighted by molar-refractivity contribution is 5.91. The first kappa shape index (κ1) is 27.9. The van der Waals surface area contributed by atoms with E-state index >= 15 is 0 Å². The minimum atomic E-state index is 0.0416. The lowest BCUT2D eigenvalue weighted by Gasteiger charge is -2.22. The van der Waals surface area contributed by atoms with E-state index in [1.165, 1.54) is 32.1 Å². The van der Waals surface area contributed by atoms with E-state index in [1.807, 2.05) is 37.3 Å². The first-order valence-corrected chi connectivity index (χ1v) is 11.9. The topological polar surface area (TPSA) is 61.5 Å². The number of hydrogen-bond donors (Lipinski definition) is 1. The Morgan fingerprint density at radius 2 is 1.56 bits per heavy atom. The maximum Gasteiger partial charge on any atom is 0.219 e. The van der Waals surface area contributed by atoms with Crippen LogP contribution in [0.3, 0.4) is 0 Å². The molecule has 3 aliphatic rings. The number of nitrogen functional groups attached to an aromatic ring is 1. The van der Waals surface area contributed by atoms with Crippen LogP contribution in [0.5, 0.6) is 0 Å². The van der Waals surface area contributed by atoms with Gasteiger partial charge in [-0.1, -0.05) is 44.4 Å². The van der Waals surface area contributed by atoms with Gasteiger partial charge in [0.15, 0.2) is 18.2 Å². The van der Waals surface area contributed by atoms with Gasteiger partial charge in [0.05, 0.1) is 6.10 Å². The number of ketones is 1. The number of nitrogens with two attached hydrogens (primary N) is 1. The van der Waals surface area contributed by atoms with Crippen LogP contribution < -0.4 is 5.73 Å². The summed E-state index contributed by atoms with van der Waals surface area (Å²) < 4.78 is 12.0. The molecule has 0 aromatic heterocycles. The van der Waals surface area contributed by atoms with Gasteiger partial charge >= 0.3 is 0 Å². The molecule has 5 heteroatoms. The zero-order chi connectivity index (χ0) is 24.0. The summed E-state index contributed by atoms with van der Waals surface area (Å²) in [7, 11) is 1.71. The van der Waals surface area contributed by atoms with Gasteiger partial charge in [-0.25, -0.2) is 0 Å². The van der Waals surface area contributed by atoms with Crippen molar-refractivity contribution in [2.24, 2.45) is 5.92 Å². The molecule has 2 aliphatic carbocycles. The second-order valence-electron chi connectivity index (χ2n) is 8.95. The number of quaternary nitrogens is 1. The lowest BCUT2D eigenvalue weighted by atomic mass is 9.88. The zero-order valence-electron chi connectivity index (χ0n) is 20.8. The number of allylic oxidation sites excluding steroid dienone is 2. The molecule has 1 aromatic carbocycles. The van der Waals surface area contributed by atoms with E-state index in [9.17, 15) is 4.79 Å². The molecule has 0 radical (unpaired) electrons. The van der Waals surface area contributed by atoms with Crippen LogP contribution in [-0.2, 0) is 14.3 Å². The van der Waals surface area contributed by atoms with Crippen molar-refractivity contribution in [1.29, 1.82) is 0 Å². The van der Waals surface area contributed by atoms with E-state index in [2.05, 4.69) is 20.1 Å². The molecule has 32 heavy (non-hydrogen) atoms. The quantitative estimate of drug-likeness (QED) is 0.144. The summed E-state index contributed by atoms with van der Waals surface area (Å²) in [6.07, 6.45) is 9.28. The smallest absolute Gasteiger partial charge is 0.219 e. The van der Waals surface area contributed by atoms with Crippen LogP contribution in [0, 0.1) is 5.92 Å². The molecule has 2 N–H and O–H groups in total. The first-order chi connectivity index (χ1) is 15.4. The summed E-state index contributed by atoms with van der Waals surface area (Å²) in [4.78, 5) is 11.8. The molecule has 0 amide bonds. The predicted molar refractivity (Wildman–Crippen MR) is 134 cm³/mol. The maximum atomic E-state index is 11.8. The summed E-state index contributed by atoms with van der Waals surface area (Å²) in [6, 6.07) is 9.49. The molecule has 4 rings (SSSR count). The molecule has 0 unspecified atom stereocenters. The molecule has 1 saturated heterocycles. The number of nitrogens with zero attached hydrogens (tertiary/aromatic N) is 1. The Hall–Kier alpha value is -2.11. The number of benzene rings is 1. The molecule has 5 nitrogen and oxygen atoms in total. The van der Waals surface area contributed by atoms with Crippen molar-refractivity contribution in [1.82, 2.24) is 0 Å². The van der Waals surface area contributed by atoms with E-state index < -0.39 is 0 Å². The predicted octanol–water partition coefficient (Wildman–Crippen LogP) is 6.08. The van der Waals surface area contributed by atoms with Crippen LogP contribution in [0.2, 0.25) is 0 Å². The van der Waals surface area contributed by atoms with E-state index in [1.54, 1.807) is 14.0 Å². The van der Waals surface area contributed by atoms with Gasteiger partial charge in [-0.05, 0) is 43.7 Å². The van der Waals surface area contributed by atoms with E-state index in [0.29, 0.717) is 12.5 Å². The van der Waals surface area contributed by atoms with Gasteiger partial charge in [0, 0.05) is 26.6 Å². The number of para-hydroxylation sites is 1. The number of Topliss-reactive ketones (excluding diaryl/α,β-unsaturated/α-hetero) is 1. The van der Waals surface area contributed by atoms with Crippen LogP contribution in [0.15, 0.2) is 54.9 Å². The standard InChI is InChI=1S/C14H24NO3.C6H7N.C5H10.C2H4/c1-11(15(8-9-15)10-17-3)14(12(2)16)18-13-6-4-5-7-13;7-6-4-2-1-3-5-6;1-5-3-2-4-5;1-2/h13H,4-10H2,1-3H3;1-5H,7H2;5H,2-4H2,1H3;1-2H2/q+1;;;/b14-11-;;;. The van der Waals surface area contributed by atoms with Crippen molar-refractivity contribution in [3.05, 3.63) is 54.9 Å². The molecule has 180 valence electrons. The Balaban J connectivity index is 0.000000297. The third-order valence-corrected chi connectivity index (χ3v) is 6.28. The van der Waals surface area contributed by atoms with Crippen LogP contribution in [0.4, 0.5) is 5.69 Å². The van der Waals surface area contributed by atoms with Crippen molar-refractivity contribution in [2.45, 2.75) is 71.8 Å². The number of ether oxygens (including phenoxy) is 2. The lowest BCUT2D eigenvalue weighted by Crippen LogP contribution is -2.29. The second kappa shape index (κ2) is 14.9. The first-order valence-electron chi connectivity index (χ1n) is 11.9. The Morgan fingerprint density at radius 1 is 1.03 bits per heavy atom. The number of hydrogen-bond acceptors (Lipinski definition) is 4. The summed E-state index contributed by atoms with van der Waals surface area (Å²) in [5, 5.41) is 0. The normalized spacial score (nSPS) is 19.4. The summed E-state index contributed by atoms with van der Waals surface area (Å²) in [5.74, 6) is 1.69. The van der Waals surface area contributed by atoms with Crippen LogP contribution >= 0.6 is 0 Å². The Kier molecular flexibility index (Phi) is 13.0. The highest BCUT2D eigenvalue weighted by atomic mass is 16.5. The number of anilines is 1. The fourth-order valence-electron chi connectivity index (χ4n) is 3.81. The fourth-order valence-corrected chi connectivity index (χ4v) is 3.81.